The van der Waals surface area contributed by atoms with Gasteiger partial charge in [0, 0.05) is 12.7 Å². The van der Waals surface area contributed by atoms with Crippen LogP contribution in [0.4, 0.5) is 0 Å². The van der Waals surface area contributed by atoms with Crippen LogP contribution in [0.25, 0.3) is 11.2 Å². The van der Waals surface area contributed by atoms with E-state index in [4.69, 9.17) is 11.6 Å². The molecule has 21 heavy (non-hydrogen) atoms. The number of aromatic nitrogens is 3. The smallest absolute Gasteiger partial charge is 0.160 e. The predicted molar refractivity (Wildman–Crippen MR) is 86.7 cm³/mol. The molecular weight excluding hydrogens is 282 g/mol. The summed E-state index contributed by atoms with van der Waals surface area (Å²) in [4.78, 5) is 9.11. The lowest BCUT2D eigenvalue weighted by Crippen LogP contribution is -2.06. The number of halogens is 1. The van der Waals surface area contributed by atoms with Crippen molar-refractivity contribution in [2.45, 2.75) is 32.7 Å². The number of benzene rings is 1. The molecule has 0 bridgehead atoms. The number of alkyl halides is 1. The van der Waals surface area contributed by atoms with Gasteiger partial charge in [-0.3, -0.25) is 0 Å². The number of hydrogen-bond acceptors (Lipinski definition) is 2. The van der Waals surface area contributed by atoms with Crippen LogP contribution in [0.5, 0.6) is 0 Å². The summed E-state index contributed by atoms with van der Waals surface area (Å²) in [6.45, 7) is 4.99. The molecule has 0 N–H and O–H groups in total. The third-order valence-electron chi connectivity index (χ3n) is 3.63. The van der Waals surface area contributed by atoms with Crippen LogP contribution in [-0.2, 0) is 18.8 Å². The van der Waals surface area contributed by atoms with E-state index in [-0.39, 0.29) is 0 Å². The van der Waals surface area contributed by atoms with Gasteiger partial charge >= 0.3 is 0 Å². The van der Waals surface area contributed by atoms with Gasteiger partial charge < -0.3 is 4.57 Å². The lowest BCUT2D eigenvalue weighted by molar-refractivity contribution is 0.682. The lowest BCUT2D eigenvalue weighted by atomic mass is 10.1. The molecule has 4 heteroatoms. The molecule has 0 spiro atoms. The van der Waals surface area contributed by atoms with E-state index in [1.54, 1.807) is 0 Å². The number of nitrogens with zero attached hydrogens (tertiary/aromatic N) is 3. The van der Waals surface area contributed by atoms with Crippen molar-refractivity contribution in [3.63, 3.8) is 0 Å². The molecule has 0 aliphatic carbocycles. The van der Waals surface area contributed by atoms with E-state index < -0.39 is 0 Å². The Morgan fingerprint density at radius 3 is 2.76 bits per heavy atom. The second-order valence-corrected chi connectivity index (χ2v) is 5.68. The molecule has 0 saturated heterocycles. The maximum atomic E-state index is 6.04. The van der Waals surface area contributed by atoms with Gasteiger partial charge in [0.2, 0.25) is 0 Å². The van der Waals surface area contributed by atoms with Gasteiger partial charge in [-0.25, -0.2) is 9.97 Å². The second kappa shape index (κ2) is 5.86. The van der Waals surface area contributed by atoms with Gasteiger partial charge in [0.1, 0.15) is 11.3 Å². The van der Waals surface area contributed by atoms with Gasteiger partial charge in [0.05, 0.1) is 5.88 Å². The Morgan fingerprint density at radius 2 is 2.00 bits per heavy atom. The lowest BCUT2D eigenvalue weighted by Gasteiger charge is -2.08. The summed E-state index contributed by atoms with van der Waals surface area (Å²) in [5.74, 6) is 1.29. The van der Waals surface area contributed by atoms with Gasteiger partial charge in [-0.1, -0.05) is 29.8 Å². The summed E-state index contributed by atoms with van der Waals surface area (Å²) in [7, 11) is 0. The Labute approximate surface area is 129 Å². The molecule has 0 unspecified atom stereocenters. The predicted octanol–water partition coefficient (Wildman–Crippen LogP) is 4.03. The Morgan fingerprint density at radius 1 is 1.14 bits per heavy atom. The number of pyridine rings is 1. The minimum atomic E-state index is 0.406. The summed E-state index contributed by atoms with van der Waals surface area (Å²) in [6, 6.07) is 10.6. The first-order valence-electron chi connectivity index (χ1n) is 7.10. The molecule has 0 fully saturated rings. The van der Waals surface area contributed by atoms with Crippen LogP contribution in [0.1, 0.15) is 22.5 Å². The molecule has 0 amide bonds. The van der Waals surface area contributed by atoms with Crippen molar-refractivity contribution in [3.8, 4) is 0 Å². The van der Waals surface area contributed by atoms with E-state index in [0.717, 1.165) is 35.5 Å². The SMILES string of the molecule is Cc1cccc(CCn2c(CCl)nc3cc(C)cnc32)c1. The number of aryl methyl sites for hydroxylation is 4. The summed E-state index contributed by atoms with van der Waals surface area (Å²) in [5.41, 5.74) is 5.57. The minimum Gasteiger partial charge on any atom is -0.311 e. The third kappa shape index (κ3) is 2.93. The van der Waals surface area contributed by atoms with E-state index in [2.05, 4.69) is 51.8 Å². The van der Waals surface area contributed by atoms with Crippen molar-refractivity contribution in [1.29, 1.82) is 0 Å². The van der Waals surface area contributed by atoms with E-state index in [1.165, 1.54) is 11.1 Å². The monoisotopic (exact) mass is 299 g/mol. The zero-order valence-corrected chi connectivity index (χ0v) is 13.1. The maximum absolute atomic E-state index is 6.04. The van der Waals surface area contributed by atoms with E-state index in [0.29, 0.717) is 5.88 Å². The average molecular weight is 300 g/mol. The van der Waals surface area contributed by atoms with Crippen molar-refractivity contribution in [2.24, 2.45) is 0 Å². The van der Waals surface area contributed by atoms with Crippen molar-refractivity contribution in [3.05, 3.63) is 59.0 Å². The Hall–Kier alpha value is -1.87. The molecule has 1 aromatic carbocycles. The van der Waals surface area contributed by atoms with Crippen LogP contribution in [0.15, 0.2) is 36.5 Å². The van der Waals surface area contributed by atoms with Gasteiger partial charge in [-0.2, -0.15) is 0 Å². The normalized spacial score (nSPS) is 11.2. The molecular formula is C17H18ClN3. The largest absolute Gasteiger partial charge is 0.311 e. The number of fused-ring (bicyclic) bond motifs is 1. The van der Waals surface area contributed by atoms with Gasteiger partial charge in [0.15, 0.2) is 5.65 Å². The van der Waals surface area contributed by atoms with E-state index in [9.17, 15) is 0 Å². The fourth-order valence-corrected chi connectivity index (χ4v) is 2.81. The van der Waals surface area contributed by atoms with Crippen LogP contribution in [-0.4, -0.2) is 14.5 Å². The highest BCUT2D eigenvalue weighted by molar-refractivity contribution is 6.16. The molecule has 0 radical (unpaired) electrons. The quantitative estimate of drug-likeness (QED) is 0.681. The van der Waals surface area contributed by atoms with Crippen LogP contribution < -0.4 is 0 Å². The Balaban J connectivity index is 1.92. The number of hydrogen-bond donors (Lipinski definition) is 0. The summed E-state index contributed by atoms with van der Waals surface area (Å²) in [6.07, 6.45) is 2.83. The van der Waals surface area contributed by atoms with Crippen LogP contribution in [0.3, 0.4) is 0 Å². The highest BCUT2D eigenvalue weighted by Crippen LogP contribution is 2.18. The Kier molecular flexibility index (Phi) is 3.93. The molecule has 0 aliphatic heterocycles. The first-order chi connectivity index (χ1) is 10.2. The molecule has 3 aromatic rings. The van der Waals surface area contributed by atoms with Crippen LogP contribution in [0.2, 0.25) is 0 Å². The zero-order chi connectivity index (χ0) is 14.8. The topological polar surface area (TPSA) is 30.7 Å². The fraction of sp³-hybridized carbons (Fsp3) is 0.294. The summed E-state index contributed by atoms with van der Waals surface area (Å²) in [5, 5.41) is 0. The Bertz CT molecular complexity index is 777. The van der Waals surface area contributed by atoms with Crippen LogP contribution >= 0.6 is 11.6 Å². The molecule has 108 valence electrons. The third-order valence-corrected chi connectivity index (χ3v) is 3.87. The van der Waals surface area contributed by atoms with Crippen molar-refractivity contribution in [2.75, 3.05) is 0 Å². The van der Waals surface area contributed by atoms with E-state index >= 15 is 0 Å². The van der Waals surface area contributed by atoms with Crippen molar-refractivity contribution < 1.29 is 0 Å². The number of imidazole rings is 1. The van der Waals surface area contributed by atoms with Crippen LogP contribution in [0, 0.1) is 13.8 Å². The highest BCUT2D eigenvalue weighted by Gasteiger charge is 2.11. The van der Waals surface area contributed by atoms with Crippen molar-refractivity contribution >= 4 is 22.8 Å². The molecule has 2 aromatic heterocycles. The first kappa shape index (κ1) is 14.1. The molecule has 3 nitrogen and oxygen atoms in total. The fourth-order valence-electron chi connectivity index (χ4n) is 2.60. The molecule has 3 rings (SSSR count). The highest BCUT2D eigenvalue weighted by atomic mass is 35.5. The van der Waals surface area contributed by atoms with Gasteiger partial charge in [-0.15, -0.1) is 11.6 Å². The van der Waals surface area contributed by atoms with Gasteiger partial charge in [-0.05, 0) is 37.5 Å². The summed E-state index contributed by atoms with van der Waals surface area (Å²) >= 11 is 6.04. The van der Waals surface area contributed by atoms with E-state index in [1.807, 2.05) is 13.1 Å². The second-order valence-electron chi connectivity index (χ2n) is 5.41. The minimum absolute atomic E-state index is 0.406. The first-order valence-corrected chi connectivity index (χ1v) is 7.64. The molecule has 2 heterocycles. The average Bonchev–Trinajstić information content (AvgIpc) is 2.82. The molecule has 0 aliphatic rings. The number of rotatable bonds is 4. The van der Waals surface area contributed by atoms with Crippen molar-refractivity contribution in [1.82, 2.24) is 14.5 Å². The maximum Gasteiger partial charge on any atom is 0.160 e. The molecule has 0 saturated carbocycles. The molecule has 0 atom stereocenters. The van der Waals surface area contributed by atoms with Gasteiger partial charge in [0.25, 0.3) is 0 Å². The zero-order valence-electron chi connectivity index (χ0n) is 12.3. The summed E-state index contributed by atoms with van der Waals surface area (Å²) < 4.78 is 2.13. The standard InChI is InChI=1S/C17H18ClN3/c1-12-4-3-5-14(8-12)6-7-21-16(10-18)20-15-9-13(2)11-19-17(15)21/h3-5,8-9,11H,6-7,10H2,1-2H3.